The molecule has 0 bridgehead atoms. The van der Waals surface area contributed by atoms with Crippen molar-refractivity contribution >= 4 is 39.6 Å². The Balaban J connectivity index is 1.80. The summed E-state index contributed by atoms with van der Waals surface area (Å²) < 4.78 is 16.5. The molecule has 1 amide bonds. The van der Waals surface area contributed by atoms with Gasteiger partial charge in [-0.3, -0.25) is 9.69 Å². The number of ether oxygens (including phenoxy) is 3. The van der Waals surface area contributed by atoms with Crippen molar-refractivity contribution in [1.82, 2.24) is 0 Å². The minimum Gasteiger partial charge on any atom is -0.465 e. The molecule has 0 atom stereocenters. The van der Waals surface area contributed by atoms with E-state index in [1.54, 1.807) is 31.2 Å². The van der Waals surface area contributed by atoms with E-state index in [0.29, 0.717) is 22.9 Å². The Morgan fingerprint density at radius 3 is 2.57 bits per heavy atom. The van der Waals surface area contributed by atoms with Gasteiger partial charge in [0.25, 0.3) is 5.91 Å². The van der Waals surface area contributed by atoms with Crippen LogP contribution in [0.3, 0.4) is 0 Å². The van der Waals surface area contributed by atoms with E-state index in [-0.39, 0.29) is 23.8 Å². The van der Waals surface area contributed by atoms with Crippen LogP contribution in [0.4, 0.5) is 5.69 Å². The zero-order valence-electron chi connectivity index (χ0n) is 15.2. The van der Waals surface area contributed by atoms with Crippen LogP contribution in [0.5, 0.6) is 11.5 Å². The highest BCUT2D eigenvalue weighted by Gasteiger charge is 2.37. The lowest BCUT2D eigenvalue weighted by Gasteiger charge is -2.18. The fourth-order valence-electron chi connectivity index (χ4n) is 3.25. The van der Waals surface area contributed by atoms with Crippen molar-refractivity contribution < 1.29 is 23.8 Å². The molecule has 0 saturated carbocycles. The molecule has 142 valence electrons. The Bertz CT molecular complexity index is 1040. The number of amides is 1. The van der Waals surface area contributed by atoms with Gasteiger partial charge in [-0.05, 0) is 55.0 Å². The second-order valence-electron chi connectivity index (χ2n) is 6.24. The smallest absolute Gasteiger partial charge is 0.340 e. The molecule has 6 nitrogen and oxygen atoms in total. The van der Waals surface area contributed by atoms with Crippen molar-refractivity contribution in [2.45, 2.75) is 6.92 Å². The van der Waals surface area contributed by atoms with E-state index < -0.39 is 5.97 Å². The van der Waals surface area contributed by atoms with Gasteiger partial charge in [0, 0.05) is 15.9 Å². The van der Waals surface area contributed by atoms with Crippen molar-refractivity contribution in [3.05, 3.63) is 69.3 Å². The van der Waals surface area contributed by atoms with Crippen LogP contribution in [0.2, 0.25) is 0 Å². The third kappa shape index (κ3) is 3.07. The number of carbonyl (C=O) groups is 2. The first-order valence-electron chi connectivity index (χ1n) is 8.50. The quantitative estimate of drug-likeness (QED) is 0.530. The number of rotatable bonds is 3. The Morgan fingerprint density at radius 2 is 1.86 bits per heavy atom. The topological polar surface area (TPSA) is 65.1 Å². The highest BCUT2D eigenvalue weighted by Crippen LogP contribution is 2.37. The number of carbonyl (C=O) groups excluding carboxylic acids is 2. The monoisotopic (exact) mass is 441 g/mol. The van der Waals surface area contributed by atoms with Crippen LogP contribution < -0.4 is 14.4 Å². The molecule has 2 aliphatic heterocycles. The van der Waals surface area contributed by atoms with E-state index in [4.69, 9.17) is 14.2 Å². The molecular formula is C21H16BrNO5. The van der Waals surface area contributed by atoms with Gasteiger partial charge in [-0.15, -0.1) is 0 Å². The number of benzene rings is 2. The first-order chi connectivity index (χ1) is 13.5. The molecule has 0 spiro atoms. The van der Waals surface area contributed by atoms with Gasteiger partial charge in [-0.25, -0.2) is 4.79 Å². The fourth-order valence-corrected chi connectivity index (χ4v) is 3.52. The van der Waals surface area contributed by atoms with Crippen LogP contribution >= 0.6 is 15.9 Å². The number of nitrogens with zero attached hydrogens (tertiary/aromatic N) is 1. The Kier molecular flexibility index (Phi) is 4.68. The van der Waals surface area contributed by atoms with E-state index in [9.17, 15) is 9.59 Å². The highest BCUT2D eigenvalue weighted by atomic mass is 79.9. The number of anilines is 1. The van der Waals surface area contributed by atoms with Gasteiger partial charge in [0.05, 0.1) is 18.3 Å². The normalized spacial score (nSPS) is 16.9. The number of hydrogen-bond donors (Lipinski definition) is 0. The number of hydrogen-bond acceptors (Lipinski definition) is 5. The van der Waals surface area contributed by atoms with Gasteiger partial charge in [-0.1, -0.05) is 22.0 Å². The molecule has 0 N–H and O–H groups in total. The Morgan fingerprint density at radius 1 is 1.14 bits per heavy atom. The van der Waals surface area contributed by atoms with Gasteiger partial charge >= 0.3 is 5.97 Å². The lowest BCUT2D eigenvalue weighted by Crippen LogP contribution is -2.24. The summed E-state index contributed by atoms with van der Waals surface area (Å²) in [4.78, 5) is 27.2. The zero-order valence-corrected chi connectivity index (χ0v) is 16.8. The largest absolute Gasteiger partial charge is 0.465 e. The summed E-state index contributed by atoms with van der Waals surface area (Å²) in [6.45, 7) is 1.89. The van der Waals surface area contributed by atoms with E-state index in [1.807, 2.05) is 24.3 Å². The molecule has 0 radical (unpaired) electrons. The minimum atomic E-state index is -0.558. The molecule has 4 rings (SSSR count). The molecule has 0 aliphatic carbocycles. The van der Waals surface area contributed by atoms with Crippen molar-refractivity contribution in [2.75, 3.05) is 18.8 Å². The van der Waals surface area contributed by atoms with Crippen molar-refractivity contribution in [1.29, 1.82) is 0 Å². The van der Waals surface area contributed by atoms with E-state index in [2.05, 4.69) is 15.9 Å². The fraction of sp³-hybridized carbons (Fsp3) is 0.143. The summed E-state index contributed by atoms with van der Waals surface area (Å²) in [5.41, 5.74) is 2.42. The third-order valence-electron chi connectivity index (χ3n) is 4.58. The van der Waals surface area contributed by atoms with Crippen molar-refractivity contribution in [3.63, 3.8) is 0 Å². The van der Waals surface area contributed by atoms with Crippen LogP contribution in [-0.2, 0) is 14.3 Å². The van der Waals surface area contributed by atoms with E-state index >= 15 is 0 Å². The molecule has 0 fully saturated rings. The summed E-state index contributed by atoms with van der Waals surface area (Å²) in [5.74, 6) is 0.400. The van der Waals surface area contributed by atoms with E-state index in [0.717, 1.165) is 10.0 Å². The number of esters is 1. The standard InChI is InChI=1S/C21H16BrNO5/c1-12-19(21(25)26-2)16(9-13-3-8-17-18(10-13)28-11-27-17)20(24)23(12)15-6-4-14(22)5-7-15/h3-10H,11H2,1-2H3/b16-9-. The SMILES string of the molecule is COC(=O)C1=C(C)N(c2ccc(Br)cc2)C(=O)/C1=C\c1ccc2c(c1)OCO2. The minimum absolute atomic E-state index is 0.165. The highest BCUT2D eigenvalue weighted by molar-refractivity contribution is 9.10. The van der Waals surface area contributed by atoms with Crippen LogP contribution in [0.1, 0.15) is 12.5 Å². The first kappa shape index (κ1) is 18.3. The maximum atomic E-state index is 13.2. The van der Waals surface area contributed by atoms with Crippen molar-refractivity contribution in [2.24, 2.45) is 0 Å². The number of fused-ring (bicyclic) bond motifs is 1. The molecular weight excluding hydrogens is 426 g/mol. The Hall–Kier alpha value is -3.06. The Labute approximate surface area is 170 Å². The van der Waals surface area contributed by atoms with Gasteiger partial charge in [-0.2, -0.15) is 0 Å². The van der Waals surface area contributed by atoms with Gasteiger partial charge in [0.15, 0.2) is 11.5 Å². The third-order valence-corrected chi connectivity index (χ3v) is 5.11. The number of halogens is 1. The zero-order chi connectivity index (χ0) is 19.8. The molecule has 2 aromatic carbocycles. The van der Waals surface area contributed by atoms with Gasteiger partial charge in [0.2, 0.25) is 6.79 Å². The van der Waals surface area contributed by atoms with Gasteiger partial charge in [0.1, 0.15) is 0 Å². The molecule has 0 saturated heterocycles. The van der Waals surface area contributed by atoms with Crippen molar-refractivity contribution in [3.8, 4) is 11.5 Å². The van der Waals surface area contributed by atoms with E-state index in [1.165, 1.54) is 12.0 Å². The number of allylic oxidation sites excluding steroid dienone is 1. The van der Waals surface area contributed by atoms with Crippen LogP contribution in [-0.4, -0.2) is 25.8 Å². The average Bonchev–Trinajstić information content (AvgIpc) is 3.25. The summed E-state index contributed by atoms with van der Waals surface area (Å²) in [7, 11) is 1.30. The predicted molar refractivity (Wildman–Crippen MR) is 107 cm³/mol. The summed E-state index contributed by atoms with van der Waals surface area (Å²) in [6.07, 6.45) is 1.67. The average molecular weight is 442 g/mol. The summed E-state index contributed by atoms with van der Waals surface area (Å²) >= 11 is 3.39. The van der Waals surface area contributed by atoms with Crippen LogP contribution in [0, 0.1) is 0 Å². The second-order valence-corrected chi connectivity index (χ2v) is 7.16. The maximum absolute atomic E-state index is 13.2. The molecule has 0 aromatic heterocycles. The lowest BCUT2D eigenvalue weighted by atomic mass is 10.0. The summed E-state index contributed by atoms with van der Waals surface area (Å²) in [5, 5.41) is 0. The lowest BCUT2D eigenvalue weighted by molar-refractivity contribution is -0.136. The second kappa shape index (κ2) is 7.16. The molecule has 2 heterocycles. The molecule has 28 heavy (non-hydrogen) atoms. The molecule has 0 unspecified atom stereocenters. The predicted octanol–water partition coefficient (Wildman–Crippen LogP) is 4.06. The molecule has 7 heteroatoms. The maximum Gasteiger partial charge on any atom is 0.340 e. The molecule has 2 aliphatic rings. The number of methoxy groups -OCH3 is 1. The summed E-state index contributed by atoms with van der Waals surface area (Å²) in [6, 6.07) is 12.7. The first-order valence-corrected chi connectivity index (χ1v) is 9.30. The van der Waals surface area contributed by atoms with Crippen LogP contribution in [0.15, 0.2) is 63.8 Å². The van der Waals surface area contributed by atoms with Crippen LogP contribution in [0.25, 0.3) is 6.08 Å². The molecule has 2 aromatic rings. The van der Waals surface area contributed by atoms with Gasteiger partial charge < -0.3 is 14.2 Å².